The van der Waals surface area contributed by atoms with E-state index in [-0.39, 0.29) is 30.4 Å². The molecule has 0 saturated carbocycles. The quantitative estimate of drug-likeness (QED) is 0.236. The number of rotatable bonds is 7. The molecule has 1 heterocycles. The molecule has 1 amide bonds. The van der Waals surface area contributed by atoms with Crippen LogP contribution in [0.25, 0.3) is 11.0 Å². The van der Waals surface area contributed by atoms with Crippen LogP contribution in [-0.2, 0) is 4.79 Å². The molecule has 0 radical (unpaired) electrons. The van der Waals surface area contributed by atoms with Gasteiger partial charge in [-0.2, -0.15) is 0 Å². The Morgan fingerprint density at radius 1 is 1.17 bits per heavy atom. The van der Waals surface area contributed by atoms with Gasteiger partial charge in [-0.05, 0) is 37.3 Å². The van der Waals surface area contributed by atoms with Crippen molar-refractivity contribution in [3.63, 3.8) is 0 Å². The molecule has 0 aliphatic carbocycles. The highest BCUT2D eigenvalue weighted by Gasteiger charge is 2.14. The summed E-state index contributed by atoms with van der Waals surface area (Å²) in [7, 11) is 0. The number of aliphatic hydroxyl groups is 2. The number of carbonyl (C=O) groups excluding carboxylic acids is 1. The number of hydrogen-bond donors (Lipinski definition) is 5. The number of fused-ring (bicyclic) bond motifs is 1. The minimum atomic E-state index is -0.681. The molecule has 0 fully saturated rings. The Kier molecular flexibility index (Phi) is 6.05. The number of aliphatic hydroxyl groups excluding tert-OH is 2. The van der Waals surface area contributed by atoms with Crippen molar-refractivity contribution in [2.45, 2.75) is 6.92 Å². The van der Waals surface area contributed by atoms with E-state index >= 15 is 0 Å². The number of nitrogens with one attached hydrogen (secondary N) is 3. The van der Waals surface area contributed by atoms with Crippen LogP contribution in [0.3, 0.4) is 0 Å². The Balaban J connectivity index is 1.80. The van der Waals surface area contributed by atoms with Gasteiger partial charge in [0.05, 0.1) is 17.6 Å². The number of azo groups is 1. The van der Waals surface area contributed by atoms with Crippen LogP contribution >= 0.6 is 0 Å². The van der Waals surface area contributed by atoms with Crippen LogP contribution in [-0.4, -0.2) is 39.3 Å². The molecule has 0 atom stereocenters. The number of allylic oxidation sites excluding steroid dienone is 1. The molecule has 0 aliphatic rings. The zero-order valence-corrected chi connectivity index (χ0v) is 15.5. The van der Waals surface area contributed by atoms with E-state index in [1.807, 2.05) is 0 Å². The van der Waals surface area contributed by atoms with Gasteiger partial charge in [-0.1, -0.05) is 12.1 Å². The lowest BCUT2D eigenvalue weighted by Crippen LogP contribution is -2.14. The molecule has 0 aliphatic heterocycles. The maximum Gasteiger partial charge on any atom is 0.323 e. The summed E-state index contributed by atoms with van der Waals surface area (Å²) in [6.45, 7) is 1.24. The first-order chi connectivity index (χ1) is 14.0. The molecule has 1 aromatic heterocycles. The van der Waals surface area contributed by atoms with E-state index < -0.39 is 5.91 Å². The average molecular weight is 397 g/mol. The number of imidazole rings is 1. The number of H-pyrrole nitrogens is 2. The number of amides is 1. The van der Waals surface area contributed by atoms with Gasteiger partial charge >= 0.3 is 5.69 Å². The molecule has 2 aromatic carbocycles. The molecule has 10 nitrogen and oxygen atoms in total. The fourth-order valence-electron chi connectivity index (χ4n) is 2.50. The highest BCUT2D eigenvalue weighted by molar-refractivity contribution is 6.04. The van der Waals surface area contributed by atoms with E-state index in [2.05, 4.69) is 25.5 Å². The van der Waals surface area contributed by atoms with Gasteiger partial charge < -0.3 is 30.2 Å². The second-order valence-corrected chi connectivity index (χ2v) is 5.97. The number of aromatic amines is 2. The summed E-state index contributed by atoms with van der Waals surface area (Å²) in [5.41, 5.74) is 1.21. The Bertz CT molecular complexity index is 1140. The van der Waals surface area contributed by atoms with Crippen molar-refractivity contribution < 1.29 is 19.7 Å². The molecule has 3 rings (SSSR count). The lowest BCUT2D eigenvalue weighted by atomic mass is 10.2. The Labute approximate surface area is 164 Å². The van der Waals surface area contributed by atoms with Gasteiger partial charge in [0.2, 0.25) is 0 Å². The molecular weight excluding hydrogens is 378 g/mol. The van der Waals surface area contributed by atoms with E-state index in [1.54, 1.807) is 42.5 Å². The van der Waals surface area contributed by atoms with Gasteiger partial charge in [0.15, 0.2) is 5.70 Å². The number of aromatic nitrogens is 2. The maximum absolute atomic E-state index is 12.5. The average Bonchev–Trinajstić information content (AvgIpc) is 3.06. The predicted molar refractivity (Wildman–Crippen MR) is 106 cm³/mol. The van der Waals surface area contributed by atoms with Gasteiger partial charge in [-0.25, -0.2) is 4.79 Å². The van der Waals surface area contributed by atoms with Gasteiger partial charge in [-0.3, -0.25) is 4.79 Å². The summed E-state index contributed by atoms with van der Waals surface area (Å²) >= 11 is 0. The fraction of sp³-hybridized carbons (Fsp3) is 0.158. The van der Waals surface area contributed by atoms with Crippen molar-refractivity contribution in [1.29, 1.82) is 0 Å². The van der Waals surface area contributed by atoms with Crippen molar-refractivity contribution in [3.8, 4) is 5.75 Å². The Morgan fingerprint density at radius 3 is 2.69 bits per heavy atom. The van der Waals surface area contributed by atoms with Crippen LogP contribution in [0.15, 0.2) is 68.9 Å². The van der Waals surface area contributed by atoms with Gasteiger partial charge in [0, 0.05) is 5.69 Å². The number of carbonyl (C=O) groups is 1. The van der Waals surface area contributed by atoms with Crippen LogP contribution in [0.4, 0.5) is 11.4 Å². The fourth-order valence-corrected chi connectivity index (χ4v) is 2.50. The first-order valence-corrected chi connectivity index (χ1v) is 8.65. The van der Waals surface area contributed by atoms with Crippen LogP contribution < -0.4 is 15.7 Å². The lowest BCUT2D eigenvalue weighted by Gasteiger charge is -2.08. The van der Waals surface area contributed by atoms with Crippen molar-refractivity contribution in [2.24, 2.45) is 10.2 Å². The predicted octanol–water partition coefficient (Wildman–Crippen LogP) is 2.74. The van der Waals surface area contributed by atoms with Crippen molar-refractivity contribution in [2.75, 3.05) is 18.5 Å². The number of ether oxygens (including phenoxy) is 1. The SMILES string of the molecule is C/C(O)=C(\N=Nc1ccccc1OCCO)C(=O)Nc1ccc2[nH]c(=O)[nH]c2c1. The summed E-state index contributed by atoms with van der Waals surface area (Å²) in [5, 5.41) is 29.2. The van der Waals surface area contributed by atoms with Crippen molar-refractivity contribution in [3.05, 3.63) is 64.4 Å². The first kappa shape index (κ1) is 19.8. The van der Waals surface area contributed by atoms with E-state index in [9.17, 15) is 14.7 Å². The summed E-state index contributed by atoms with van der Waals surface area (Å²) < 4.78 is 5.36. The van der Waals surface area contributed by atoms with E-state index in [1.165, 1.54) is 6.92 Å². The third kappa shape index (κ3) is 4.87. The molecule has 5 N–H and O–H groups in total. The number of para-hydroxylation sites is 1. The molecule has 29 heavy (non-hydrogen) atoms. The maximum atomic E-state index is 12.5. The van der Waals surface area contributed by atoms with Gasteiger partial charge in [-0.15, -0.1) is 10.2 Å². The summed E-state index contributed by atoms with van der Waals surface area (Å²) in [4.78, 5) is 29.1. The van der Waals surface area contributed by atoms with E-state index in [0.29, 0.717) is 28.2 Å². The largest absolute Gasteiger partial charge is 0.510 e. The topological polar surface area (TPSA) is 152 Å². The Hall–Kier alpha value is -3.92. The molecule has 10 heteroatoms. The lowest BCUT2D eigenvalue weighted by molar-refractivity contribution is -0.113. The molecule has 0 bridgehead atoms. The number of anilines is 1. The minimum Gasteiger partial charge on any atom is -0.510 e. The zero-order chi connectivity index (χ0) is 20.8. The molecular formula is C19H19N5O5. The van der Waals surface area contributed by atoms with Crippen LogP contribution in [0, 0.1) is 0 Å². The van der Waals surface area contributed by atoms with Gasteiger partial charge in [0.25, 0.3) is 5.91 Å². The summed E-state index contributed by atoms with van der Waals surface area (Å²) in [6.07, 6.45) is 0. The monoisotopic (exact) mass is 397 g/mol. The first-order valence-electron chi connectivity index (χ1n) is 8.65. The highest BCUT2D eigenvalue weighted by atomic mass is 16.5. The van der Waals surface area contributed by atoms with E-state index in [0.717, 1.165) is 0 Å². The van der Waals surface area contributed by atoms with Crippen molar-refractivity contribution in [1.82, 2.24) is 9.97 Å². The molecule has 3 aromatic rings. The molecule has 0 saturated heterocycles. The standard InChI is InChI=1S/C19H19N5O5/c1-11(26)17(24-23-14-4-2-3-5-16(14)29-9-8-25)18(27)20-12-6-7-13-15(10-12)22-19(28)21-13/h2-7,10,25-26H,8-9H2,1H3,(H,20,27)(H2,21,22,28)/b17-11+,24-23?. The van der Waals surface area contributed by atoms with Crippen molar-refractivity contribution >= 4 is 28.3 Å². The normalized spacial score (nSPS) is 12.2. The second-order valence-electron chi connectivity index (χ2n) is 5.97. The molecule has 150 valence electrons. The summed E-state index contributed by atoms with van der Waals surface area (Å²) in [5.74, 6) is -0.626. The highest BCUT2D eigenvalue weighted by Crippen LogP contribution is 2.28. The molecule has 0 unspecified atom stereocenters. The van der Waals surface area contributed by atoms with Crippen LogP contribution in [0.1, 0.15) is 6.92 Å². The zero-order valence-electron chi connectivity index (χ0n) is 15.5. The number of hydrogen-bond acceptors (Lipinski definition) is 7. The second kappa shape index (κ2) is 8.85. The third-order valence-corrected chi connectivity index (χ3v) is 3.80. The number of nitrogens with zero attached hydrogens (tertiary/aromatic N) is 2. The third-order valence-electron chi connectivity index (χ3n) is 3.80. The summed E-state index contributed by atoms with van der Waals surface area (Å²) in [6, 6.07) is 11.5. The smallest absolute Gasteiger partial charge is 0.323 e. The van der Waals surface area contributed by atoms with Crippen LogP contribution in [0.2, 0.25) is 0 Å². The number of benzene rings is 2. The van der Waals surface area contributed by atoms with Gasteiger partial charge in [0.1, 0.15) is 23.8 Å². The Morgan fingerprint density at radius 2 is 1.93 bits per heavy atom. The minimum absolute atomic E-state index is 0.0818. The molecule has 0 spiro atoms. The van der Waals surface area contributed by atoms with E-state index in [4.69, 9.17) is 9.84 Å². The van der Waals surface area contributed by atoms with Crippen LogP contribution in [0.5, 0.6) is 5.75 Å².